The van der Waals surface area contributed by atoms with Gasteiger partial charge in [0.05, 0.1) is 10.2 Å². The Labute approximate surface area is 139 Å². The molecule has 0 radical (unpaired) electrons. The highest BCUT2D eigenvalue weighted by Gasteiger charge is 2.15. The molecule has 0 fully saturated rings. The van der Waals surface area contributed by atoms with Gasteiger partial charge < -0.3 is 21.6 Å². The highest BCUT2D eigenvalue weighted by molar-refractivity contribution is 9.10. The van der Waals surface area contributed by atoms with Gasteiger partial charge in [-0.25, -0.2) is 0 Å². The Morgan fingerprint density at radius 2 is 1.87 bits per heavy atom. The van der Waals surface area contributed by atoms with Gasteiger partial charge in [0.15, 0.2) is 0 Å². The number of benzene rings is 2. The maximum Gasteiger partial charge on any atom is 0.248 e. The third-order valence-electron chi connectivity index (χ3n) is 3.57. The molecule has 0 unspecified atom stereocenters. The van der Waals surface area contributed by atoms with Crippen LogP contribution in [0.4, 0.5) is 0 Å². The average molecular weight is 373 g/mol. The molecular weight excluding hydrogens is 360 g/mol. The van der Waals surface area contributed by atoms with E-state index in [0.717, 1.165) is 10.9 Å². The van der Waals surface area contributed by atoms with Crippen molar-refractivity contribution in [3.8, 4) is 17.0 Å². The SMILES string of the molecule is N=C(N)c1ccc2[nH]c(-c3cc(C(N)=O)cc(Br)c3O)cc2c1. The minimum Gasteiger partial charge on any atom is -0.506 e. The molecule has 7 N–H and O–H groups in total. The smallest absolute Gasteiger partial charge is 0.248 e. The number of amidine groups is 1. The van der Waals surface area contributed by atoms with E-state index < -0.39 is 5.91 Å². The number of nitrogens with one attached hydrogen (secondary N) is 2. The molecule has 0 spiro atoms. The van der Waals surface area contributed by atoms with Crippen LogP contribution >= 0.6 is 15.9 Å². The molecule has 1 aromatic heterocycles. The van der Waals surface area contributed by atoms with Gasteiger partial charge in [0.1, 0.15) is 11.6 Å². The number of phenolic OH excluding ortho intramolecular Hbond substituents is 1. The molecule has 3 aromatic rings. The van der Waals surface area contributed by atoms with Crippen LogP contribution in [0.5, 0.6) is 5.75 Å². The van der Waals surface area contributed by atoms with Crippen molar-refractivity contribution < 1.29 is 9.90 Å². The summed E-state index contributed by atoms with van der Waals surface area (Å²) in [5.41, 5.74) is 13.6. The van der Waals surface area contributed by atoms with Crippen molar-refractivity contribution in [1.29, 1.82) is 5.41 Å². The first-order valence-electron chi connectivity index (χ1n) is 6.66. The molecule has 116 valence electrons. The molecule has 0 bridgehead atoms. The van der Waals surface area contributed by atoms with E-state index in [1.807, 2.05) is 6.07 Å². The molecule has 1 heterocycles. The number of aromatic amines is 1. The third-order valence-corrected chi connectivity index (χ3v) is 4.17. The Bertz CT molecular complexity index is 962. The monoisotopic (exact) mass is 372 g/mol. The molecule has 1 amide bonds. The number of halogens is 1. The lowest BCUT2D eigenvalue weighted by atomic mass is 10.1. The Morgan fingerprint density at radius 1 is 1.13 bits per heavy atom. The lowest BCUT2D eigenvalue weighted by Gasteiger charge is -2.07. The number of carbonyl (C=O) groups excluding carboxylic acids is 1. The molecule has 0 saturated heterocycles. The van der Waals surface area contributed by atoms with Crippen molar-refractivity contribution in [2.75, 3.05) is 0 Å². The molecule has 2 aromatic carbocycles. The van der Waals surface area contributed by atoms with Crippen molar-refractivity contribution >= 4 is 38.6 Å². The summed E-state index contributed by atoms with van der Waals surface area (Å²) in [7, 11) is 0. The number of aromatic hydroxyl groups is 1. The first kappa shape index (κ1) is 15.1. The maximum absolute atomic E-state index is 11.4. The first-order valence-corrected chi connectivity index (χ1v) is 7.46. The van der Waals surface area contributed by atoms with Crippen molar-refractivity contribution in [1.82, 2.24) is 4.98 Å². The number of hydrogen-bond donors (Lipinski definition) is 5. The largest absolute Gasteiger partial charge is 0.506 e. The van der Waals surface area contributed by atoms with E-state index in [-0.39, 0.29) is 17.1 Å². The van der Waals surface area contributed by atoms with Crippen LogP contribution in [0.2, 0.25) is 0 Å². The van der Waals surface area contributed by atoms with Crippen LogP contribution in [0.25, 0.3) is 22.2 Å². The Morgan fingerprint density at radius 3 is 2.52 bits per heavy atom. The molecule has 6 nitrogen and oxygen atoms in total. The summed E-state index contributed by atoms with van der Waals surface area (Å²) in [4.78, 5) is 14.6. The van der Waals surface area contributed by atoms with Gasteiger partial charge in [0, 0.05) is 27.6 Å². The average Bonchev–Trinajstić information content (AvgIpc) is 2.92. The van der Waals surface area contributed by atoms with E-state index in [1.54, 1.807) is 18.2 Å². The molecule has 0 atom stereocenters. The van der Waals surface area contributed by atoms with Crippen molar-refractivity contribution in [2.45, 2.75) is 0 Å². The number of primary amides is 1. The Hall–Kier alpha value is -2.80. The van der Waals surface area contributed by atoms with Gasteiger partial charge in [-0.3, -0.25) is 10.2 Å². The van der Waals surface area contributed by atoms with Crippen molar-refractivity contribution in [3.05, 3.63) is 52.0 Å². The van der Waals surface area contributed by atoms with E-state index >= 15 is 0 Å². The number of H-pyrrole nitrogens is 1. The van der Waals surface area contributed by atoms with Crippen LogP contribution < -0.4 is 11.5 Å². The number of nitrogen functional groups attached to an aromatic ring is 1. The molecular formula is C16H13BrN4O2. The lowest BCUT2D eigenvalue weighted by Crippen LogP contribution is -2.10. The molecule has 23 heavy (non-hydrogen) atoms. The second-order valence-electron chi connectivity index (χ2n) is 5.12. The number of amides is 1. The van der Waals surface area contributed by atoms with E-state index in [9.17, 15) is 9.90 Å². The molecule has 0 saturated carbocycles. The summed E-state index contributed by atoms with van der Waals surface area (Å²) in [6.45, 7) is 0. The second kappa shape index (κ2) is 5.44. The lowest BCUT2D eigenvalue weighted by molar-refractivity contribution is 0.100. The summed E-state index contributed by atoms with van der Waals surface area (Å²) in [5, 5.41) is 18.6. The van der Waals surface area contributed by atoms with E-state index in [4.69, 9.17) is 16.9 Å². The number of hydrogen-bond acceptors (Lipinski definition) is 3. The van der Waals surface area contributed by atoms with Gasteiger partial charge in [-0.05, 0) is 52.3 Å². The van der Waals surface area contributed by atoms with Crippen LogP contribution in [0.1, 0.15) is 15.9 Å². The van der Waals surface area contributed by atoms with Crippen LogP contribution in [0, 0.1) is 5.41 Å². The van der Waals surface area contributed by atoms with Crippen LogP contribution in [0.15, 0.2) is 40.9 Å². The minimum atomic E-state index is -0.582. The summed E-state index contributed by atoms with van der Waals surface area (Å²) in [6, 6.07) is 10.1. The number of fused-ring (bicyclic) bond motifs is 1. The van der Waals surface area contributed by atoms with E-state index in [2.05, 4.69) is 20.9 Å². The van der Waals surface area contributed by atoms with Gasteiger partial charge in [0.2, 0.25) is 5.91 Å². The highest BCUT2D eigenvalue weighted by Crippen LogP contribution is 2.37. The third kappa shape index (κ3) is 2.66. The van der Waals surface area contributed by atoms with Crippen molar-refractivity contribution in [2.24, 2.45) is 11.5 Å². The number of carbonyl (C=O) groups is 1. The van der Waals surface area contributed by atoms with Crippen molar-refractivity contribution in [3.63, 3.8) is 0 Å². The normalized spacial score (nSPS) is 10.8. The predicted molar refractivity (Wildman–Crippen MR) is 92.6 cm³/mol. The van der Waals surface area contributed by atoms with Gasteiger partial charge >= 0.3 is 0 Å². The number of nitrogens with two attached hydrogens (primary N) is 2. The van der Waals surface area contributed by atoms with Gasteiger partial charge in [-0.1, -0.05) is 0 Å². The van der Waals surface area contributed by atoms with Crippen LogP contribution in [-0.2, 0) is 0 Å². The predicted octanol–water partition coefficient (Wildman–Crippen LogP) is 2.69. The molecule has 7 heteroatoms. The second-order valence-corrected chi connectivity index (χ2v) is 5.97. The Kier molecular flexibility index (Phi) is 3.57. The quantitative estimate of drug-likeness (QED) is 0.358. The molecule has 0 aliphatic carbocycles. The fourth-order valence-corrected chi connectivity index (χ4v) is 2.85. The standard InChI is InChI=1S/C16H13BrN4O2/c17-11-5-9(16(20)23)4-10(14(11)22)13-6-8-3-7(15(18)19)1-2-12(8)21-13/h1-6,21-22H,(H3,18,19)(H2,20,23). The number of phenols is 1. The zero-order valence-electron chi connectivity index (χ0n) is 11.9. The van der Waals surface area contributed by atoms with E-state index in [1.165, 1.54) is 12.1 Å². The van der Waals surface area contributed by atoms with Gasteiger partial charge in [-0.2, -0.15) is 0 Å². The summed E-state index contributed by atoms with van der Waals surface area (Å²) in [6.07, 6.45) is 0. The minimum absolute atomic E-state index is 0.00773. The van der Waals surface area contributed by atoms with Gasteiger partial charge in [0.25, 0.3) is 0 Å². The highest BCUT2D eigenvalue weighted by atomic mass is 79.9. The zero-order valence-corrected chi connectivity index (χ0v) is 13.4. The summed E-state index contributed by atoms with van der Waals surface area (Å²) < 4.78 is 0.381. The topological polar surface area (TPSA) is 129 Å². The summed E-state index contributed by atoms with van der Waals surface area (Å²) >= 11 is 3.22. The fourth-order valence-electron chi connectivity index (χ4n) is 2.39. The maximum atomic E-state index is 11.4. The van der Waals surface area contributed by atoms with E-state index in [0.29, 0.717) is 21.3 Å². The molecule has 0 aliphatic heterocycles. The molecule has 3 rings (SSSR count). The van der Waals surface area contributed by atoms with Gasteiger partial charge in [-0.15, -0.1) is 0 Å². The zero-order chi connectivity index (χ0) is 16.7. The summed E-state index contributed by atoms with van der Waals surface area (Å²) in [5.74, 6) is -0.591. The van der Waals surface area contributed by atoms with Crippen LogP contribution in [0.3, 0.4) is 0 Å². The number of rotatable bonds is 3. The molecule has 0 aliphatic rings. The Balaban J connectivity index is 2.20. The first-order chi connectivity index (χ1) is 10.9. The van der Waals surface area contributed by atoms with Crippen LogP contribution in [-0.4, -0.2) is 21.8 Å². The fraction of sp³-hybridized carbons (Fsp3) is 0. The number of aromatic nitrogens is 1.